The number of anilines is 1. The molecular formula is C7H12N2OS. The average molecular weight is 172 g/mol. The topological polar surface area (TPSA) is 59.1 Å². The highest BCUT2D eigenvalue weighted by atomic mass is 32.1. The molecule has 0 aliphatic heterocycles. The van der Waals surface area contributed by atoms with Crippen LogP contribution >= 0.6 is 11.3 Å². The standard InChI is InChI=1S/C7H12N2OS/c1-7(2,10)3-5-4-9-6(8)11-5/h4,10H,3H2,1-2H3,(H2,8,9). The minimum absolute atomic E-state index is 0.559. The van der Waals surface area contributed by atoms with Crippen molar-refractivity contribution in [1.29, 1.82) is 0 Å². The van der Waals surface area contributed by atoms with Gasteiger partial charge in [-0.25, -0.2) is 4.98 Å². The van der Waals surface area contributed by atoms with Gasteiger partial charge in [-0.2, -0.15) is 0 Å². The largest absolute Gasteiger partial charge is 0.390 e. The lowest BCUT2D eigenvalue weighted by Gasteiger charge is -2.14. The molecule has 1 rings (SSSR count). The smallest absolute Gasteiger partial charge is 0.180 e. The Morgan fingerprint density at radius 3 is 2.73 bits per heavy atom. The van der Waals surface area contributed by atoms with E-state index in [4.69, 9.17) is 5.73 Å². The van der Waals surface area contributed by atoms with E-state index >= 15 is 0 Å². The highest BCUT2D eigenvalue weighted by Crippen LogP contribution is 2.19. The van der Waals surface area contributed by atoms with Crippen molar-refractivity contribution in [2.75, 3.05) is 5.73 Å². The highest BCUT2D eigenvalue weighted by Gasteiger charge is 2.14. The van der Waals surface area contributed by atoms with Gasteiger partial charge in [0.25, 0.3) is 0 Å². The van der Waals surface area contributed by atoms with Crippen LogP contribution in [0.4, 0.5) is 5.13 Å². The molecule has 4 heteroatoms. The predicted molar refractivity (Wildman–Crippen MR) is 46.5 cm³/mol. The van der Waals surface area contributed by atoms with E-state index in [2.05, 4.69) is 4.98 Å². The Morgan fingerprint density at radius 1 is 1.73 bits per heavy atom. The van der Waals surface area contributed by atoms with Crippen LogP contribution in [0.5, 0.6) is 0 Å². The number of aliphatic hydroxyl groups is 1. The Morgan fingerprint density at radius 2 is 2.36 bits per heavy atom. The van der Waals surface area contributed by atoms with Gasteiger partial charge in [-0.05, 0) is 13.8 Å². The number of thiazole rings is 1. The third-order valence-electron chi connectivity index (χ3n) is 1.18. The van der Waals surface area contributed by atoms with Gasteiger partial charge in [0.2, 0.25) is 0 Å². The summed E-state index contributed by atoms with van der Waals surface area (Å²) in [6.07, 6.45) is 2.32. The molecule has 0 aliphatic carbocycles. The van der Waals surface area contributed by atoms with Gasteiger partial charge in [-0.15, -0.1) is 11.3 Å². The molecule has 1 aromatic heterocycles. The summed E-state index contributed by atoms with van der Waals surface area (Å²) in [4.78, 5) is 4.91. The van der Waals surface area contributed by atoms with Crippen molar-refractivity contribution in [3.63, 3.8) is 0 Å². The minimum Gasteiger partial charge on any atom is -0.390 e. The van der Waals surface area contributed by atoms with Gasteiger partial charge >= 0.3 is 0 Å². The molecule has 62 valence electrons. The molecule has 0 aromatic carbocycles. The first-order valence-corrected chi connectivity index (χ1v) is 4.21. The SMILES string of the molecule is CC(C)(O)Cc1cnc(N)s1. The van der Waals surface area contributed by atoms with E-state index in [1.165, 1.54) is 11.3 Å². The fraction of sp³-hybridized carbons (Fsp3) is 0.571. The highest BCUT2D eigenvalue weighted by molar-refractivity contribution is 7.15. The molecule has 11 heavy (non-hydrogen) atoms. The second kappa shape index (κ2) is 2.79. The Balaban J connectivity index is 2.65. The second-order valence-corrected chi connectivity index (χ2v) is 4.30. The van der Waals surface area contributed by atoms with Crippen LogP contribution in [0, 0.1) is 0 Å². The predicted octanol–water partition coefficient (Wildman–Crippen LogP) is 1.04. The van der Waals surface area contributed by atoms with Crippen molar-refractivity contribution in [1.82, 2.24) is 4.98 Å². The summed E-state index contributed by atoms with van der Waals surface area (Å²) in [6, 6.07) is 0. The Kier molecular flexibility index (Phi) is 2.15. The Labute approximate surface area is 69.9 Å². The molecule has 0 fully saturated rings. The Bertz CT molecular complexity index is 239. The van der Waals surface area contributed by atoms with E-state index in [1.807, 2.05) is 0 Å². The van der Waals surface area contributed by atoms with Crippen LogP contribution in [0.2, 0.25) is 0 Å². The lowest BCUT2D eigenvalue weighted by atomic mass is 10.1. The number of hydrogen-bond donors (Lipinski definition) is 2. The van der Waals surface area contributed by atoms with Crippen molar-refractivity contribution in [2.45, 2.75) is 25.9 Å². The number of aromatic nitrogens is 1. The monoisotopic (exact) mass is 172 g/mol. The zero-order chi connectivity index (χ0) is 8.48. The minimum atomic E-state index is -0.668. The summed E-state index contributed by atoms with van der Waals surface area (Å²) < 4.78 is 0. The van der Waals surface area contributed by atoms with Crippen LogP contribution < -0.4 is 5.73 Å². The summed E-state index contributed by atoms with van der Waals surface area (Å²) in [5.41, 5.74) is 4.76. The van der Waals surface area contributed by atoms with E-state index in [-0.39, 0.29) is 0 Å². The fourth-order valence-electron chi connectivity index (χ4n) is 0.831. The molecule has 0 aliphatic rings. The summed E-state index contributed by atoms with van der Waals surface area (Å²) in [5.74, 6) is 0. The van der Waals surface area contributed by atoms with Crippen molar-refractivity contribution in [3.8, 4) is 0 Å². The third-order valence-corrected chi connectivity index (χ3v) is 2.00. The number of nitrogens with zero attached hydrogens (tertiary/aromatic N) is 1. The first-order valence-electron chi connectivity index (χ1n) is 3.40. The molecule has 0 amide bonds. The number of hydrogen-bond acceptors (Lipinski definition) is 4. The molecule has 3 N–H and O–H groups in total. The molecule has 0 radical (unpaired) electrons. The summed E-state index contributed by atoms with van der Waals surface area (Å²) >= 11 is 1.42. The van der Waals surface area contributed by atoms with Crippen LogP contribution in [-0.2, 0) is 6.42 Å². The lowest BCUT2D eigenvalue weighted by molar-refractivity contribution is 0.0818. The van der Waals surface area contributed by atoms with E-state index in [9.17, 15) is 5.11 Å². The molecule has 0 spiro atoms. The van der Waals surface area contributed by atoms with Crippen LogP contribution in [0.25, 0.3) is 0 Å². The second-order valence-electron chi connectivity index (χ2n) is 3.15. The molecule has 0 saturated carbocycles. The van der Waals surface area contributed by atoms with Crippen LogP contribution in [-0.4, -0.2) is 15.7 Å². The van der Waals surface area contributed by atoms with Gasteiger partial charge in [0.1, 0.15) is 0 Å². The van der Waals surface area contributed by atoms with E-state index < -0.39 is 5.60 Å². The molecule has 1 heterocycles. The first kappa shape index (κ1) is 8.49. The van der Waals surface area contributed by atoms with Gasteiger partial charge < -0.3 is 10.8 Å². The molecule has 0 bridgehead atoms. The zero-order valence-corrected chi connectivity index (χ0v) is 7.48. The number of nitrogens with two attached hydrogens (primary N) is 1. The van der Waals surface area contributed by atoms with Crippen molar-refractivity contribution >= 4 is 16.5 Å². The van der Waals surface area contributed by atoms with Crippen molar-refractivity contribution < 1.29 is 5.11 Å². The molecule has 0 saturated heterocycles. The summed E-state index contributed by atoms with van der Waals surface area (Å²) in [5, 5.41) is 9.98. The normalized spacial score (nSPS) is 11.9. The Hall–Kier alpha value is -0.610. The van der Waals surface area contributed by atoms with E-state index in [0.717, 1.165) is 4.88 Å². The van der Waals surface area contributed by atoms with Gasteiger partial charge in [-0.1, -0.05) is 0 Å². The van der Waals surface area contributed by atoms with Crippen LogP contribution in [0.3, 0.4) is 0 Å². The molecule has 0 atom stereocenters. The maximum atomic E-state index is 9.42. The fourth-order valence-corrected chi connectivity index (χ4v) is 1.74. The summed E-state index contributed by atoms with van der Waals surface area (Å²) in [7, 11) is 0. The molecule has 1 aromatic rings. The molecule has 0 unspecified atom stereocenters. The first-order chi connectivity index (χ1) is 4.97. The zero-order valence-electron chi connectivity index (χ0n) is 6.66. The summed E-state index contributed by atoms with van der Waals surface area (Å²) in [6.45, 7) is 3.53. The van der Waals surface area contributed by atoms with E-state index in [0.29, 0.717) is 11.6 Å². The van der Waals surface area contributed by atoms with E-state index in [1.54, 1.807) is 20.0 Å². The number of nitrogen functional groups attached to an aromatic ring is 1. The van der Waals surface area contributed by atoms with Gasteiger partial charge in [0.15, 0.2) is 5.13 Å². The maximum absolute atomic E-state index is 9.42. The molecule has 3 nitrogen and oxygen atoms in total. The molecular weight excluding hydrogens is 160 g/mol. The average Bonchev–Trinajstić information content (AvgIpc) is 2.10. The maximum Gasteiger partial charge on any atom is 0.180 e. The third kappa shape index (κ3) is 2.86. The quantitative estimate of drug-likeness (QED) is 0.700. The van der Waals surface area contributed by atoms with Gasteiger partial charge in [0.05, 0.1) is 5.60 Å². The van der Waals surface area contributed by atoms with Gasteiger partial charge in [0, 0.05) is 17.5 Å². The van der Waals surface area contributed by atoms with Crippen LogP contribution in [0.15, 0.2) is 6.20 Å². The van der Waals surface area contributed by atoms with Crippen molar-refractivity contribution in [3.05, 3.63) is 11.1 Å². The lowest BCUT2D eigenvalue weighted by Crippen LogP contribution is -2.21. The number of rotatable bonds is 2. The van der Waals surface area contributed by atoms with Crippen molar-refractivity contribution in [2.24, 2.45) is 0 Å². The van der Waals surface area contributed by atoms with Crippen LogP contribution in [0.1, 0.15) is 18.7 Å². The van der Waals surface area contributed by atoms with Gasteiger partial charge in [-0.3, -0.25) is 0 Å².